The summed E-state index contributed by atoms with van der Waals surface area (Å²) in [5.41, 5.74) is 0.523. The Morgan fingerprint density at radius 2 is 1.82 bits per heavy atom. The van der Waals surface area contributed by atoms with Gasteiger partial charge in [0, 0.05) is 32.1 Å². The molecule has 1 aromatic rings. The van der Waals surface area contributed by atoms with Crippen molar-refractivity contribution in [2.75, 3.05) is 26.4 Å². The van der Waals surface area contributed by atoms with Gasteiger partial charge < -0.3 is 9.64 Å². The van der Waals surface area contributed by atoms with Crippen molar-refractivity contribution in [3.8, 4) is 0 Å². The first kappa shape index (κ1) is 21.2. The van der Waals surface area contributed by atoms with Crippen LogP contribution in [0.15, 0.2) is 18.2 Å². The van der Waals surface area contributed by atoms with Crippen LogP contribution in [0.5, 0.6) is 0 Å². The fourth-order valence-electron chi connectivity index (χ4n) is 4.51. The second-order valence-corrected chi connectivity index (χ2v) is 8.29. The van der Waals surface area contributed by atoms with E-state index in [0.29, 0.717) is 19.2 Å². The van der Waals surface area contributed by atoms with Gasteiger partial charge in [-0.3, -0.25) is 9.69 Å². The number of ether oxygens (including phenoxy) is 1. The van der Waals surface area contributed by atoms with Crippen molar-refractivity contribution in [2.45, 2.75) is 64.5 Å². The summed E-state index contributed by atoms with van der Waals surface area (Å²) in [6.45, 7) is 7.53. The first-order valence-corrected chi connectivity index (χ1v) is 10.6. The van der Waals surface area contributed by atoms with E-state index < -0.39 is 11.6 Å². The number of halogens is 2. The Morgan fingerprint density at radius 3 is 2.43 bits per heavy atom. The third-order valence-electron chi connectivity index (χ3n) is 6.07. The molecule has 1 spiro atoms. The summed E-state index contributed by atoms with van der Waals surface area (Å²) in [6, 6.07) is 4.04. The zero-order valence-electron chi connectivity index (χ0n) is 17.1. The Balaban J connectivity index is 1.52. The molecule has 1 aromatic carbocycles. The molecule has 0 unspecified atom stereocenters. The molecule has 156 valence electrons. The first-order valence-electron chi connectivity index (χ1n) is 10.6. The van der Waals surface area contributed by atoms with Crippen molar-refractivity contribution < 1.29 is 18.3 Å². The Bertz CT molecular complexity index is 669. The second kappa shape index (κ2) is 9.31. The van der Waals surface area contributed by atoms with Crippen molar-refractivity contribution in [3.05, 3.63) is 35.4 Å². The summed E-state index contributed by atoms with van der Waals surface area (Å²) >= 11 is 0. The molecule has 1 amide bonds. The van der Waals surface area contributed by atoms with Crippen molar-refractivity contribution in [2.24, 2.45) is 5.92 Å². The molecule has 0 atom stereocenters. The molecule has 2 saturated heterocycles. The molecule has 0 radical (unpaired) electrons. The van der Waals surface area contributed by atoms with Crippen LogP contribution in [0.25, 0.3) is 0 Å². The molecule has 0 N–H and O–H groups in total. The van der Waals surface area contributed by atoms with Gasteiger partial charge in [0.2, 0.25) is 5.91 Å². The van der Waals surface area contributed by atoms with Crippen molar-refractivity contribution in [1.82, 2.24) is 9.80 Å². The maximum Gasteiger partial charge on any atom is 0.225 e. The molecule has 6 heteroatoms. The number of carbonyl (C=O) groups excluding carboxylic acids is 1. The third kappa shape index (κ3) is 4.90. The van der Waals surface area contributed by atoms with Crippen LogP contribution in [-0.4, -0.2) is 47.7 Å². The summed E-state index contributed by atoms with van der Waals surface area (Å²) < 4.78 is 32.7. The molecule has 28 heavy (non-hydrogen) atoms. The zero-order valence-corrected chi connectivity index (χ0v) is 17.1. The maximum absolute atomic E-state index is 13.4. The van der Waals surface area contributed by atoms with Crippen LogP contribution in [-0.2, 0) is 16.1 Å². The molecule has 0 aromatic heterocycles. The second-order valence-electron chi connectivity index (χ2n) is 8.29. The van der Waals surface area contributed by atoms with Crippen molar-refractivity contribution in [3.63, 3.8) is 0 Å². The number of hydrogen-bond acceptors (Lipinski definition) is 3. The minimum Gasteiger partial charge on any atom is -0.358 e. The van der Waals surface area contributed by atoms with Crippen LogP contribution < -0.4 is 0 Å². The number of hydrogen-bond donors (Lipinski definition) is 0. The number of amides is 1. The molecular weight excluding hydrogens is 362 g/mol. The first-order chi connectivity index (χ1) is 13.5. The van der Waals surface area contributed by atoms with Gasteiger partial charge in [0.1, 0.15) is 6.73 Å². The number of piperidine rings is 1. The lowest BCUT2D eigenvalue weighted by Gasteiger charge is -2.39. The van der Waals surface area contributed by atoms with Crippen LogP contribution in [0, 0.1) is 17.6 Å². The largest absolute Gasteiger partial charge is 0.358 e. The summed E-state index contributed by atoms with van der Waals surface area (Å²) in [7, 11) is 0. The fourth-order valence-corrected chi connectivity index (χ4v) is 4.51. The molecular formula is C22H32F2N2O2. The maximum atomic E-state index is 13.4. The van der Waals surface area contributed by atoms with Gasteiger partial charge in [0.15, 0.2) is 11.6 Å². The summed E-state index contributed by atoms with van der Waals surface area (Å²) in [5.74, 6) is -1.18. The molecule has 4 nitrogen and oxygen atoms in total. The van der Waals surface area contributed by atoms with Crippen molar-refractivity contribution in [1.29, 1.82) is 0 Å². The van der Waals surface area contributed by atoms with Gasteiger partial charge in [-0.1, -0.05) is 32.8 Å². The molecule has 2 aliphatic heterocycles. The highest BCUT2D eigenvalue weighted by atomic mass is 19.2. The number of likely N-dealkylation sites (tertiary alicyclic amines) is 1. The summed E-state index contributed by atoms with van der Waals surface area (Å²) in [5, 5.41) is 0. The van der Waals surface area contributed by atoms with Crippen LogP contribution >= 0.6 is 0 Å². The van der Waals surface area contributed by atoms with Crippen LogP contribution in [0.1, 0.15) is 57.9 Å². The average Bonchev–Trinajstić information content (AvgIpc) is 3.07. The lowest BCUT2D eigenvalue weighted by atomic mass is 9.89. The number of nitrogens with zero attached hydrogens (tertiary/aromatic N) is 2. The molecule has 2 heterocycles. The number of rotatable bonds is 7. The number of carbonyl (C=O) groups is 1. The zero-order chi connectivity index (χ0) is 20.1. The van der Waals surface area contributed by atoms with E-state index in [0.717, 1.165) is 63.7 Å². The van der Waals surface area contributed by atoms with Gasteiger partial charge in [-0.15, -0.1) is 0 Å². The minimum absolute atomic E-state index is 0.151. The standard InChI is InChI=1S/C22H32F2N2O2/c1-3-5-18(6-4-2)21(27)26-11-9-22(10-12-26)15-25(16-28-22)14-17-7-8-19(23)20(24)13-17/h7-8,13,18H,3-6,9-12,14-16H2,1-2H3. The fraction of sp³-hybridized carbons (Fsp3) is 0.682. The van der Waals surface area contributed by atoms with E-state index in [-0.39, 0.29) is 11.5 Å². The average molecular weight is 395 g/mol. The van der Waals surface area contributed by atoms with Gasteiger partial charge in [0.05, 0.1) is 5.60 Å². The monoisotopic (exact) mass is 394 g/mol. The van der Waals surface area contributed by atoms with Crippen molar-refractivity contribution >= 4 is 5.91 Å². The Labute approximate surface area is 166 Å². The highest BCUT2D eigenvalue weighted by molar-refractivity contribution is 5.79. The topological polar surface area (TPSA) is 32.8 Å². The summed E-state index contributed by atoms with van der Waals surface area (Å²) in [6.07, 6.45) is 5.67. The van der Waals surface area contributed by atoms with E-state index in [4.69, 9.17) is 4.74 Å². The van der Waals surface area contributed by atoms with Gasteiger partial charge in [0.25, 0.3) is 0 Å². The Kier molecular flexibility index (Phi) is 7.05. The predicted molar refractivity (Wildman–Crippen MR) is 105 cm³/mol. The van der Waals surface area contributed by atoms with Gasteiger partial charge in [-0.05, 0) is 43.4 Å². The summed E-state index contributed by atoms with van der Waals surface area (Å²) in [4.78, 5) is 17.0. The van der Waals surface area contributed by atoms with Gasteiger partial charge in [-0.2, -0.15) is 0 Å². The lowest BCUT2D eigenvalue weighted by Crippen LogP contribution is -2.50. The molecule has 0 bridgehead atoms. The lowest BCUT2D eigenvalue weighted by molar-refractivity contribution is -0.140. The van der Waals surface area contributed by atoms with Crippen LogP contribution in [0.3, 0.4) is 0 Å². The number of benzene rings is 1. The predicted octanol–water partition coefficient (Wildman–Crippen LogP) is 4.33. The van der Waals surface area contributed by atoms with E-state index >= 15 is 0 Å². The van der Waals surface area contributed by atoms with Gasteiger partial charge in [-0.25, -0.2) is 8.78 Å². The van der Waals surface area contributed by atoms with E-state index in [1.54, 1.807) is 6.07 Å². The molecule has 2 fully saturated rings. The highest BCUT2D eigenvalue weighted by Crippen LogP contribution is 2.33. The molecule has 0 saturated carbocycles. The van der Waals surface area contributed by atoms with E-state index in [2.05, 4.69) is 18.7 Å². The molecule has 3 rings (SSSR count). The van der Waals surface area contributed by atoms with E-state index in [9.17, 15) is 13.6 Å². The SMILES string of the molecule is CCCC(CCC)C(=O)N1CCC2(CC1)CN(Cc1ccc(F)c(F)c1)CO2. The Morgan fingerprint density at radius 1 is 1.14 bits per heavy atom. The normalized spacial score (nSPS) is 19.7. The van der Waals surface area contributed by atoms with E-state index in [1.807, 2.05) is 4.90 Å². The minimum atomic E-state index is -0.820. The highest BCUT2D eigenvalue weighted by Gasteiger charge is 2.43. The Hall–Kier alpha value is -1.53. The van der Waals surface area contributed by atoms with Gasteiger partial charge >= 0.3 is 0 Å². The van der Waals surface area contributed by atoms with Crippen LogP contribution in [0.4, 0.5) is 8.78 Å². The van der Waals surface area contributed by atoms with E-state index in [1.165, 1.54) is 12.1 Å². The molecule has 0 aliphatic carbocycles. The quantitative estimate of drug-likeness (QED) is 0.690. The third-order valence-corrected chi connectivity index (χ3v) is 6.07. The van der Waals surface area contributed by atoms with Crippen LogP contribution in [0.2, 0.25) is 0 Å². The smallest absolute Gasteiger partial charge is 0.225 e. The molecule has 2 aliphatic rings.